The van der Waals surface area contributed by atoms with Crippen LogP contribution in [0, 0.1) is 5.92 Å². The monoisotopic (exact) mass is 252 g/mol. The van der Waals surface area contributed by atoms with Crippen LogP contribution in [0.3, 0.4) is 0 Å². The number of hydrogen-bond acceptors (Lipinski definition) is 5. The summed E-state index contributed by atoms with van der Waals surface area (Å²) >= 11 is 0. The molecule has 1 heterocycles. The van der Waals surface area contributed by atoms with Crippen LogP contribution >= 0.6 is 0 Å². The van der Waals surface area contributed by atoms with Crippen LogP contribution < -0.4 is 0 Å². The Balaban J connectivity index is 2.46. The number of rotatable bonds is 5. The van der Waals surface area contributed by atoms with Crippen LogP contribution in [0.4, 0.5) is 0 Å². The Hall–Kier alpha value is -2.04. The van der Waals surface area contributed by atoms with Gasteiger partial charge in [0.1, 0.15) is 0 Å². The Bertz CT molecular complexity index is 394. The third-order valence-corrected chi connectivity index (χ3v) is 2.33. The molecule has 0 aromatic heterocycles. The van der Waals surface area contributed by atoms with Gasteiger partial charge in [0, 0.05) is 12.0 Å². The summed E-state index contributed by atoms with van der Waals surface area (Å²) in [6.45, 7) is 5.74. The van der Waals surface area contributed by atoms with Crippen molar-refractivity contribution in [1.29, 1.82) is 0 Å². The van der Waals surface area contributed by atoms with E-state index in [9.17, 15) is 9.59 Å². The van der Waals surface area contributed by atoms with Gasteiger partial charge in [-0.1, -0.05) is 13.5 Å². The zero-order valence-electron chi connectivity index (χ0n) is 10.4. The molecule has 0 radical (unpaired) electrons. The molecule has 1 rings (SSSR count). The molecule has 1 fully saturated rings. The highest BCUT2D eigenvalue weighted by atomic mass is 16.6. The van der Waals surface area contributed by atoms with Crippen molar-refractivity contribution in [2.24, 2.45) is 5.92 Å². The number of carbonyl (C=O) groups excluding carboxylic acids is 2. The van der Waals surface area contributed by atoms with Gasteiger partial charge in [0.25, 0.3) is 0 Å². The van der Waals surface area contributed by atoms with Crippen LogP contribution in [0.25, 0.3) is 0 Å². The first-order valence-corrected chi connectivity index (χ1v) is 5.48. The summed E-state index contributed by atoms with van der Waals surface area (Å²) in [7, 11) is 1.51. The van der Waals surface area contributed by atoms with Gasteiger partial charge in [-0.05, 0) is 17.7 Å². The predicted molar refractivity (Wildman–Crippen MR) is 64.4 cm³/mol. The molecule has 1 aliphatic rings. The molecule has 0 aromatic rings. The van der Waals surface area contributed by atoms with Crippen molar-refractivity contribution in [3.8, 4) is 0 Å². The molecule has 5 heteroatoms. The van der Waals surface area contributed by atoms with Crippen LogP contribution in [0.2, 0.25) is 0 Å². The quantitative estimate of drug-likeness (QED) is 0.320. The molecule has 0 aromatic carbocycles. The summed E-state index contributed by atoms with van der Waals surface area (Å²) in [5, 5.41) is 0. The number of allylic oxidation sites excluding steroid dienone is 3. The van der Waals surface area contributed by atoms with Gasteiger partial charge in [-0.25, -0.2) is 9.59 Å². The lowest BCUT2D eigenvalue weighted by molar-refractivity contribution is -0.157. The molecule has 18 heavy (non-hydrogen) atoms. The topological polar surface area (TPSA) is 61.8 Å². The number of hydrogen-bond donors (Lipinski definition) is 0. The van der Waals surface area contributed by atoms with Crippen molar-refractivity contribution in [1.82, 2.24) is 0 Å². The second kappa shape index (κ2) is 6.64. The summed E-state index contributed by atoms with van der Waals surface area (Å²) in [5.41, 5.74) is 0.579. The molecule has 98 valence electrons. The molecule has 2 unspecified atom stereocenters. The van der Waals surface area contributed by atoms with E-state index in [1.54, 1.807) is 13.0 Å². The zero-order valence-corrected chi connectivity index (χ0v) is 10.4. The van der Waals surface area contributed by atoms with Gasteiger partial charge in [0.15, 0.2) is 0 Å². The normalized spacial score (nSPS) is 23.3. The number of carbonyl (C=O) groups is 2. The summed E-state index contributed by atoms with van der Waals surface area (Å²) in [4.78, 5) is 22.7. The van der Waals surface area contributed by atoms with Gasteiger partial charge in [0.05, 0.1) is 20.0 Å². The lowest BCUT2D eigenvalue weighted by Crippen LogP contribution is -2.26. The third kappa shape index (κ3) is 4.08. The van der Waals surface area contributed by atoms with Crippen molar-refractivity contribution in [3.05, 3.63) is 36.6 Å². The van der Waals surface area contributed by atoms with E-state index in [0.717, 1.165) is 0 Å². The van der Waals surface area contributed by atoms with Crippen LogP contribution in [0.15, 0.2) is 36.6 Å². The van der Waals surface area contributed by atoms with Crippen LogP contribution in [-0.2, 0) is 23.8 Å². The third-order valence-electron chi connectivity index (χ3n) is 2.33. The second-order valence-electron chi connectivity index (χ2n) is 3.91. The van der Waals surface area contributed by atoms with E-state index in [1.165, 1.54) is 25.5 Å². The maximum Gasteiger partial charge on any atom is 0.347 e. The number of ether oxygens (including phenoxy) is 3. The Morgan fingerprint density at radius 3 is 2.72 bits per heavy atom. The van der Waals surface area contributed by atoms with Gasteiger partial charge in [0.2, 0.25) is 6.10 Å². The zero-order chi connectivity index (χ0) is 13.5. The van der Waals surface area contributed by atoms with Crippen molar-refractivity contribution < 1.29 is 23.8 Å². The molecule has 0 saturated carbocycles. The van der Waals surface area contributed by atoms with E-state index in [1.807, 2.05) is 0 Å². The van der Waals surface area contributed by atoms with Crippen molar-refractivity contribution >= 4 is 11.9 Å². The molecule has 0 bridgehead atoms. The first kappa shape index (κ1) is 14.0. The lowest BCUT2D eigenvalue weighted by atomic mass is 10.1. The summed E-state index contributed by atoms with van der Waals surface area (Å²) in [5.74, 6) is -1.22. The molecular formula is C13H16O5. The van der Waals surface area contributed by atoms with E-state index >= 15 is 0 Å². The van der Waals surface area contributed by atoms with Crippen LogP contribution in [0.5, 0.6) is 0 Å². The highest BCUT2D eigenvalue weighted by Gasteiger charge is 2.36. The maximum absolute atomic E-state index is 11.5. The van der Waals surface area contributed by atoms with Crippen LogP contribution in [0.1, 0.15) is 6.92 Å². The van der Waals surface area contributed by atoms with Gasteiger partial charge in [-0.15, -0.1) is 0 Å². The van der Waals surface area contributed by atoms with Crippen LogP contribution in [-0.4, -0.2) is 31.8 Å². The lowest BCUT2D eigenvalue weighted by Gasteiger charge is -2.09. The summed E-state index contributed by atoms with van der Waals surface area (Å²) < 4.78 is 14.5. The molecule has 1 aliphatic heterocycles. The predicted octanol–water partition coefficient (Wildman–Crippen LogP) is 1.36. The first-order valence-electron chi connectivity index (χ1n) is 5.48. The minimum Gasteiger partial charge on any atom is -0.504 e. The van der Waals surface area contributed by atoms with Gasteiger partial charge < -0.3 is 14.2 Å². The number of cyclic esters (lactones) is 1. The standard InChI is InChI=1S/C13H16O5/c1-9(6-7-16-3)4-5-11(14)18-12-10(2)8-17-13(12)15/h4-7,10,12H,1,8H2,2-3H3. The summed E-state index contributed by atoms with van der Waals surface area (Å²) in [6.07, 6.45) is 4.90. The fourth-order valence-electron chi connectivity index (χ4n) is 1.33. The Labute approximate surface area is 106 Å². The van der Waals surface area contributed by atoms with E-state index in [0.29, 0.717) is 5.57 Å². The smallest absolute Gasteiger partial charge is 0.347 e. The van der Waals surface area contributed by atoms with E-state index < -0.39 is 18.0 Å². The molecule has 0 N–H and O–H groups in total. The van der Waals surface area contributed by atoms with Crippen molar-refractivity contribution in [3.63, 3.8) is 0 Å². The van der Waals surface area contributed by atoms with Gasteiger partial charge in [-0.2, -0.15) is 0 Å². The average Bonchev–Trinajstić information content (AvgIpc) is 2.65. The minimum absolute atomic E-state index is 0.119. The maximum atomic E-state index is 11.5. The minimum atomic E-state index is -0.815. The van der Waals surface area contributed by atoms with E-state index in [-0.39, 0.29) is 12.5 Å². The molecule has 2 atom stereocenters. The van der Waals surface area contributed by atoms with Crippen molar-refractivity contribution in [2.75, 3.05) is 13.7 Å². The largest absolute Gasteiger partial charge is 0.504 e. The molecule has 0 amide bonds. The fraction of sp³-hybridized carbons (Fsp3) is 0.385. The van der Waals surface area contributed by atoms with Gasteiger partial charge in [-0.3, -0.25) is 0 Å². The average molecular weight is 252 g/mol. The summed E-state index contributed by atoms with van der Waals surface area (Å²) in [6, 6.07) is 0. The molecule has 0 spiro atoms. The molecule has 5 nitrogen and oxygen atoms in total. The highest BCUT2D eigenvalue weighted by Crippen LogP contribution is 2.17. The number of methoxy groups -OCH3 is 1. The Morgan fingerprint density at radius 2 is 2.17 bits per heavy atom. The van der Waals surface area contributed by atoms with E-state index in [2.05, 4.69) is 6.58 Å². The second-order valence-corrected chi connectivity index (χ2v) is 3.91. The van der Waals surface area contributed by atoms with Crippen molar-refractivity contribution in [2.45, 2.75) is 13.0 Å². The van der Waals surface area contributed by atoms with Gasteiger partial charge >= 0.3 is 11.9 Å². The first-order chi connectivity index (χ1) is 8.54. The fourth-order valence-corrected chi connectivity index (χ4v) is 1.33. The Morgan fingerprint density at radius 1 is 1.44 bits per heavy atom. The number of esters is 2. The SMILES string of the molecule is C=C(C=COC)C=CC(=O)OC1C(=O)OCC1C. The molecule has 0 aliphatic carbocycles. The highest BCUT2D eigenvalue weighted by molar-refractivity contribution is 5.86. The molecular weight excluding hydrogens is 236 g/mol. The van der Waals surface area contributed by atoms with E-state index in [4.69, 9.17) is 14.2 Å². The Kier molecular flexibility index (Phi) is 5.17. The molecule has 1 saturated heterocycles.